The predicted molar refractivity (Wildman–Crippen MR) is 145 cm³/mol. The average molecular weight is 595 g/mol. The Bertz CT molecular complexity index is 1390. The number of piperidine rings is 1. The molecule has 1 atom stereocenters. The van der Waals surface area contributed by atoms with Crippen LogP contribution in [0.25, 0.3) is 10.9 Å². The number of alkyl halides is 6. The number of piperazine rings is 1. The zero-order valence-corrected chi connectivity index (χ0v) is 22.9. The number of rotatable bonds is 7. The van der Waals surface area contributed by atoms with Crippen LogP contribution in [0.15, 0.2) is 48.7 Å². The molecule has 3 aromatic rings. The number of hydrogen-bond donors (Lipinski definition) is 1. The fraction of sp³-hybridized carbons (Fsp3) is 0.467. The van der Waals surface area contributed by atoms with Crippen molar-refractivity contribution in [3.05, 3.63) is 70.9 Å². The lowest BCUT2D eigenvalue weighted by Gasteiger charge is -2.42. The van der Waals surface area contributed by atoms with Crippen molar-refractivity contribution >= 4 is 22.6 Å². The van der Waals surface area contributed by atoms with Gasteiger partial charge in [0.1, 0.15) is 5.78 Å². The van der Waals surface area contributed by atoms with Crippen LogP contribution in [-0.4, -0.2) is 83.2 Å². The number of fused-ring (bicyclic) bond motifs is 1. The molecule has 42 heavy (non-hydrogen) atoms. The van der Waals surface area contributed by atoms with Crippen LogP contribution in [0.2, 0.25) is 0 Å². The van der Waals surface area contributed by atoms with Crippen molar-refractivity contribution in [2.45, 2.75) is 44.1 Å². The molecule has 6 nitrogen and oxygen atoms in total. The zero-order valence-electron chi connectivity index (χ0n) is 22.9. The number of halogens is 6. The first kappa shape index (κ1) is 30.1. The molecular weight excluding hydrogens is 562 g/mol. The number of H-pyrrole nitrogens is 1. The van der Waals surface area contributed by atoms with Crippen molar-refractivity contribution in [1.82, 2.24) is 19.7 Å². The summed E-state index contributed by atoms with van der Waals surface area (Å²) in [5.41, 5.74) is -1.84. The second kappa shape index (κ2) is 12.1. The highest BCUT2D eigenvalue weighted by molar-refractivity contribution is 5.95. The predicted octanol–water partition coefficient (Wildman–Crippen LogP) is 5.63. The summed E-state index contributed by atoms with van der Waals surface area (Å²) in [6, 6.07) is 8.19. The number of nitrogens with one attached hydrogen (secondary N) is 1. The van der Waals surface area contributed by atoms with E-state index in [2.05, 4.69) is 14.8 Å². The Kier molecular flexibility index (Phi) is 8.66. The fourth-order valence-electron chi connectivity index (χ4n) is 5.91. The largest absolute Gasteiger partial charge is 0.416 e. The Morgan fingerprint density at radius 2 is 1.50 bits per heavy atom. The van der Waals surface area contributed by atoms with Crippen molar-refractivity contribution in [2.24, 2.45) is 0 Å². The van der Waals surface area contributed by atoms with E-state index in [1.807, 2.05) is 30.5 Å². The van der Waals surface area contributed by atoms with Crippen molar-refractivity contribution < 1.29 is 35.9 Å². The van der Waals surface area contributed by atoms with Crippen LogP contribution in [-0.2, 0) is 23.6 Å². The first-order valence-electron chi connectivity index (χ1n) is 14.0. The van der Waals surface area contributed by atoms with E-state index in [1.165, 1.54) is 4.90 Å². The van der Waals surface area contributed by atoms with Gasteiger partial charge in [-0.2, -0.15) is 26.3 Å². The molecule has 2 saturated heterocycles. The Labute approximate surface area is 239 Å². The summed E-state index contributed by atoms with van der Waals surface area (Å²) in [4.78, 5) is 34.2. The van der Waals surface area contributed by atoms with Gasteiger partial charge in [-0.25, -0.2) is 0 Å². The molecule has 0 unspecified atom stereocenters. The number of aromatic amines is 1. The van der Waals surface area contributed by atoms with Crippen LogP contribution in [0.5, 0.6) is 0 Å². The maximum atomic E-state index is 13.6. The van der Waals surface area contributed by atoms with E-state index >= 15 is 0 Å². The lowest BCUT2D eigenvalue weighted by atomic mass is 9.98. The van der Waals surface area contributed by atoms with Gasteiger partial charge >= 0.3 is 12.4 Å². The van der Waals surface area contributed by atoms with Crippen LogP contribution in [0.1, 0.15) is 46.3 Å². The third kappa shape index (κ3) is 6.97. The molecule has 3 heterocycles. The Balaban J connectivity index is 1.37. The first-order valence-corrected chi connectivity index (χ1v) is 14.0. The van der Waals surface area contributed by atoms with Crippen molar-refractivity contribution in [3.63, 3.8) is 0 Å². The van der Waals surface area contributed by atoms with E-state index in [1.54, 1.807) is 0 Å². The van der Waals surface area contributed by atoms with Crippen LogP contribution < -0.4 is 0 Å². The maximum absolute atomic E-state index is 13.6. The quantitative estimate of drug-likeness (QED) is 0.361. The molecular formula is C30H32F6N4O2. The van der Waals surface area contributed by atoms with Gasteiger partial charge in [0, 0.05) is 74.3 Å². The fourth-order valence-corrected chi connectivity index (χ4v) is 5.91. The second-order valence-corrected chi connectivity index (χ2v) is 11.0. The molecule has 1 amide bonds. The Hall–Kier alpha value is -3.38. The number of likely N-dealkylation sites (tertiary alicyclic amines) is 1. The molecule has 2 aromatic carbocycles. The summed E-state index contributed by atoms with van der Waals surface area (Å²) in [5, 5.41) is 0.945. The minimum atomic E-state index is -5.04. The van der Waals surface area contributed by atoms with E-state index in [9.17, 15) is 35.9 Å². The molecule has 1 N–H and O–H groups in total. The highest BCUT2D eigenvalue weighted by Crippen LogP contribution is 2.37. The number of nitrogens with zero attached hydrogens (tertiary/aromatic N) is 3. The van der Waals surface area contributed by atoms with Gasteiger partial charge in [-0.05, 0) is 55.8 Å². The SMILES string of the molecule is O=C1CCN(CCCN2CCN(C(=O)c3cc(C(F)(F)F)cc(C(F)(F)F)c3)[C@H](Cc3c[nH]c4ccccc34)C2)CC1. The molecule has 0 aliphatic carbocycles. The number of para-hydroxylation sites is 1. The zero-order chi connectivity index (χ0) is 30.1. The Morgan fingerprint density at radius 1 is 0.857 bits per heavy atom. The third-order valence-corrected chi connectivity index (χ3v) is 8.16. The molecule has 0 saturated carbocycles. The van der Waals surface area contributed by atoms with Crippen LogP contribution in [0.4, 0.5) is 26.3 Å². The number of amides is 1. The molecule has 0 spiro atoms. The third-order valence-electron chi connectivity index (χ3n) is 8.16. The van der Waals surface area contributed by atoms with Gasteiger partial charge in [0.25, 0.3) is 5.91 Å². The molecule has 2 aliphatic rings. The number of ketones is 1. The van der Waals surface area contributed by atoms with Gasteiger partial charge < -0.3 is 14.8 Å². The van der Waals surface area contributed by atoms with Gasteiger partial charge in [-0.1, -0.05) is 18.2 Å². The van der Waals surface area contributed by atoms with Crippen molar-refractivity contribution in [1.29, 1.82) is 0 Å². The highest BCUT2D eigenvalue weighted by Gasteiger charge is 2.39. The average Bonchev–Trinajstić information content (AvgIpc) is 3.35. The van der Waals surface area contributed by atoms with E-state index in [0.717, 1.165) is 49.1 Å². The summed E-state index contributed by atoms with van der Waals surface area (Å²) in [5.74, 6) is -0.579. The number of aromatic nitrogens is 1. The molecule has 0 bridgehead atoms. The van der Waals surface area contributed by atoms with Crippen LogP contribution in [0, 0.1) is 0 Å². The number of Topliss-reactive ketones (excluding diaryl/α,β-unsaturated/α-hetero) is 1. The highest BCUT2D eigenvalue weighted by atomic mass is 19.4. The van der Waals surface area contributed by atoms with Gasteiger partial charge in [-0.3, -0.25) is 14.5 Å². The van der Waals surface area contributed by atoms with Gasteiger partial charge in [0.15, 0.2) is 0 Å². The monoisotopic (exact) mass is 594 g/mol. The van der Waals surface area contributed by atoms with E-state index in [0.29, 0.717) is 44.5 Å². The minimum Gasteiger partial charge on any atom is -0.361 e. The molecule has 1 aromatic heterocycles. The number of carbonyl (C=O) groups excluding carboxylic acids is 2. The number of hydrogen-bond acceptors (Lipinski definition) is 4. The number of carbonyl (C=O) groups is 2. The summed E-state index contributed by atoms with van der Waals surface area (Å²) in [6.45, 7) is 4.06. The van der Waals surface area contributed by atoms with E-state index < -0.39 is 41.0 Å². The lowest BCUT2D eigenvalue weighted by Crippen LogP contribution is -2.56. The summed E-state index contributed by atoms with van der Waals surface area (Å²) < 4.78 is 81.1. The van der Waals surface area contributed by atoms with E-state index in [4.69, 9.17) is 0 Å². The van der Waals surface area contributed by atoms with E-state index in [-0.39, 0.29) is 18.4 Å². The van der Waals surface area contributed by atoms with Gasteiger partial charge in [0.05, 0.1) is 11.1 Å². The lowest BCUT2D eigenvalue weighted by molar-refractivity contribution is -0.143. The molecule has 2 aliphatic heterocycles. The smallest absolute Gasteiger partial charge is 0.361 e. The normalized spacial score (nSPS) is 19.5. The molecule has 2 fully saturated rings. The summed E-state index contributed by atoms with van der Waals surface area (Å²) in [7, 11) is 0. The standard InChI is InChI=1S/C30H32F6N4O2/c31-29(32,33)22-14-20(15-23(17-22)30(34,35)36)28(42)40-13-12-39(9-3-8-38-10-6-25(41)7-11-38)19-24(40)16-21-18-37-27-5-2-1-4-26(21)27/h1-2,4-5,14-15,17-18,24,37H,3,6-13,16,19H2/t24-/m1/s1. The van der Waals surface area contributed by atoms with Crippen LogP contribution >= 0.6 is 0 Å². The number of benzene rings is 2. The van der Waals surface area contributed by atoms with Gasteiger partial charge in [0.2, 0.25) is 0 Å². The van der Waals surface area contributed by atoms with Gasteiger partial charge in [-0.15, -0.1) is 0 Å². The van der Waals surface area contributed by atoms with Crippen molar-refractivity contribution in [3.8, 4) is 0 Å². The second-order valence-electron chi connectivity index (χ2n) is 11.0. The Morgan fingerprint density at radius 3 is 2.17 bits per heavy atom. The van der Waals surface area contributed by atoms with Crippen LogP contribution in [0.3, 0.4) is 0 Å². The summed E-state index contributed by atoms with van der Waals surface area (Å²) >= 11 is 0. The maximum Gasteiger partial charge on any atom is 0.416 e. The van der Waals surface area contributed by atoms with Crippen molar-refractivity contribution in [2.75, 3.05) is 45.8 Å². The minimum absolute atomic E-state index is 0.0381. The topological polar surface area (TPSA) is 59.7 Å². The first-order chi connectivity index (χ1) is 19.9. The molecule has 0 radical (unpaired) electrons. The molecule has 12 heteroatoms. The summed E-state index contributed by atoms with van der Waals surface area (Å²) in [6.07, 6.45) is -5.93. The molecule has 5 rings (SSSR count). The molecule has 226 valence electrons.